The Morgan fingerprint density at radius 2 is 2.33 bits per heavy atom. The molecule has 0 radical (unpaired) electrons. The number of ether oxygens (including phenoxy) is 1. The Kier molecular flexibility index (Phi) is 3.19. The molecule has 1 aromatic rings. The number of methoxy groups -OCH3 is 1. The van der Waals surface area contributed by atoms with Gasteiger partial charge in [0.15, 0.2) is 11.6 Å². The third-order valence-electron chi connectivity index (χ3n) is 3.07. The Labute approximate surface area is 104 Å². The van der Waals surface area contributed by atoms with Crippen molar-refractivity contribution in [2.75, 3.05) is 7.11 Å². The summed E-state index contributed by atoms with van der Waals surface area (Å²) in [7, 11) is 1.39. The van der Waals surface area contributed by atoms with Crippen molar-refractivity contribution in [2.45, 2.75) is 19.4 Å². The zero-order valence-corrected chi connectivity index (χ0v) is 10.00. The molecule has 0 aromatic heterocycles. The minimum absolute atomic E-state index is 0.167. The van der Waals surface area contributed by atoms with Crippen LogP contribution in [-0.4, -0.2) is 13.0 Å². The number of nitrogens with one attached hydrogen (secondary N) is 1. The van der Waals surface area contributed by atoms with Crippen LogP contribution in [0.2, 0.25) is 0 Å². The fourth-order valence-electron chi connectivity index (χ4n) is 1.69. The van der Waals surface area contributed by atoms with E-state index in [0.717, 1.165) is 0 Å². The molecule has 0 atom stereocenters. The molecule has 0 aliphatic heterocycles. The Morgan fingerprint density at radius 3 is 2.83 bits per heavy atom. The first-order chi connectivity index (χ1) is 8.61. The van der Waals surface area contributed by atoms with E-state index < -0.39 is 11.2 Å². The second-order valence-electron chi connectivity index (χ2n) is 4.35. The molecule has 2 rings (SSSR count). The fourth-order valence-corrected chi connectivity index (χ4v) is 1.69. The highest BCUT2D eigenvalue weighted by Crippen LogP contribution is 2.45. The van der Waals surface area contributed by atoms with E-state index in [1.165, 1.54) is 19.2 Å². The summed E-state index contributed by atoms with van der Waals surface area (Å²) in [5.41, 5.74) is -0.208. The molecule has 1 aliphatic carbocycles. The van der Waals surface area contributed by atoms with Crippen LogP contribution in [0.15, 0.2) is 18.2 Å². The summed E-state index contributed by atoms with van der Waals surface area (Å²) in [6, 6.07) is 6.51. The molecular weight excluding hydrogens is 235 g/mol. The van der Waals surface area contributed by atoms with E-state index in [9.17, 15) is 9.18 Å². The predicted molar refractivity (Wildman–Crippen MR) is 62.1 cm³/mol. The monoisotopic (exact) mass is 248 g/mol. The highest BCUT2D eigenvalue weighted by Gasteiger charge is 2.50. The number of carbonyl (C=O) groups excluding carboxylic acids is 1. The van der Waals surface area contributed by atoms with Crippen LogP contribution in [0.4, 0.5) is 4.39 Å². The second-order valence-corrected chi connectivity index (χ2v) is 4.35. The van der Waals surface area contributed by atoms with Crippen LogP contribution >= 0.6 is 0 Å². The predicted octanol–water partition coefficient (Wildman–Crippen LogP) is 1.75. The molecule has 94 valence electrons. The van der Waals surface area contributed by atoms with Crippen LogP contribution in [0, 0.1) is 22.6 Å². The Morgan fingerprint density at radius 1 is 1.61 bits per heavy atom. The summed E-state index contributed by atoms with van der Waals surface area (Å²) in [5, 5.41) is 11.5. The van der Waals surface area contributed by atoms with Crippen LogP contribution < -0.4 is 10.1 Å². The normalized spacial score (nSPS) is 15.6. The van der Waals surface area contributed by atoms with E-state index in [4.69, 9.17) is 10.00 Å². The number of halogens is 1. The molecule has 0 heterocycles. The van der Waals surface area contributed by atoms with E-state index in [2.05, 4.69) is 5.32 Å². The lowest BCUT2D eigenvalue weighted by Crippen LogP contribution is -2.30. The summed E-state index contributed by atoms with van der Waals surface area (Å²) >= 11 is 0. The number of amides is 1. The van der Waals surface area contributed by atoms with Crippen molar-refractivity contribution >= 4 is 5.91 Å². The van der Waals surface area contributed by atoms with Crippen molar-refractivity contribution < 1.29 is 13.9 Å². The first kappa shape index (κ1) is 12.4. The molecule has 1 amide bonds. The lowest BCUT2D eigenvalue weighted by atomic mass is 10.1. The van der Waals surface area contributed by atoms with Gasteiger partial charge in [-0.05, 0) is 30.5 Å². The van der Waals surface area contributed by atoms with Gasteiger partial charge >= 0.3 is 0 Å². The topological polar surface area (TPSA) is 62.1 Å². The van der Waals surface area contributed by atoms with Crippen molar-refractivity contribution in [3.63, 3.8) is 0 Å². The van der Waals surface area contributed by atoms with Crippen molar-refractivity contribution in [1.82, 2.24) is 5.32 Å². The number of nitriles is 1. The van der Waals surface area contributed by atoms with Crippen molar-refractivity contribution in [1.29, 1.82) is 5.26 Å². The Hall–Kier alpha value is -2.09. The average molecular weight is 248 g/mol. The van der Waals surface area contributed by atoms with Gasteiger partial charge in [0.05, 0.1) is 13.2 Å². The van der Waals surface area contributed by atoms with Gasteiger partial charge < -0.3 is 10.1 Å². The van der Waals surface area contributed by atoms with Crippen molar-refractivity contribution in [3.8, 4) is 11.8 Å². The number of benzene rings is 1. The standard InChI is InChI=1S/C13H13FN2O2/c1-18-11-3-2-9(6-10(11)14)7-16-12(17)13(8-15)4-5-13/h2-3,6H,4-5,7H2,1H3,(H,16,17). The molecule has 0 saturated heterocycles. The molecule has 4 nitrogen and oxygen atoms in total. The zero-order chi connectivity index (χ0) is 13.2. The molecule has 1 aliphatic rings. The maximum absolute atomic E-state index is 13.4. The van der Waals surface area contributed by atoms with Crippen LogP contribution in [0.25, 0.3) is 0 Å². The quantitative estimate of drug-likeness (QED) is 0.883. The molecule has 5 heteroatoms. The van der Waals surface area contributed by atoms with E-state index in [1.54, 1.807) is 6.07 Å². The third-order valence-corrected chi connectivity index (χ3v) is 3.07. The number of rotatable bonds is 4. The zero-order valence-electron chi connectivity index (χ0n) is 10.00. The van der Waals surface area contributed by atoms with Crippen molar-refractivity contribution in [2.24, 2.45) is 5.41 Å². The highest BCUT2D eigenvalue weighted by molar-refractivity contribution is 5.88. The number of carbonyl (C=O) groups is 1. The fraction of sp³-hybridized carbons (Fsp3) is 0.385. The molecular formula is C13H13FN2O2. The number of hydrogen-bond donors (Lipinski definition) is 1. The number of nitrogens with zero attached hydrogens (tertiary/aromatic N) is 1. The van der Waals surface area contributed by atoms with Crippen molar-refractivity contribution in [3.05, 3.63) is 29.6 Å². The van der Waals surface area contributed by atoms with Gasteiger partial charge in [0, 0.05) is 6.54 Å². The van der Waals surface area contributed by atoms with E-state index >= 15 is 0 Å². The van der Waals surface area contributed by atoms with Gasteiger partial charge in [-0.1, -0.05) is 6.07 Å². The minimum atomic E-state index is -0.842. The van der Waals surface area contributed by atoms with Gasteiger partial charge in [-0.2, -0.15) is 5.26 Å². The lowest BCUT2D eigenvalue weighted by Gasteiger charge is -2.09. The maximum atomic E-state index is 13.4. The summed E-state index contributed by atoms with van der Waals surface area (Å²) < 4.78 is 18.2. The molecule has 18 heavy (non-hydrogen) atoms. The SMILES string of the molecule is COc1ccc(CNC(=O)C2(C#N)CC2)cc1F. The van der Waals surface area contributed by atoms with E-state index in [0.29, 0.717) is 18.4 Å². The smallest absolute Gasteiger partial charge is 0.240 e. The van der Waals surface area contributed by atoms with E-state index in [1.807, 2.05) is 6.07 Å². The largest absolute Gasteiger partial charge is 0.494 e. The maximum Gasteiger partial charge on any atom is 0.240 e. The van der Waals surface area contributed by atoms with Crippen LogP contribution in [0.1, 0.15) is 18.4 Å². The average Bonchev–Trinajstić information content (AvgIpc) is 3.17. The molecule has 1 aromatic carbocycles. The number of hydrogen-bond acceptors (Lipinski definition) is 3. The lowest BCUT2D eigenvalue weighted by molar-refractivity contribution is -0.124. The van der Waals surface area contributed by atoms with Gasteiger partial charge in [0.25, 0.3) is 0 Å². The second kappa shape index (κ2) is 4.65. The van der Waals surface area contributed by atoms with Crippen LogP contribution in [0.3, 0.4) is 0 Å². The first-order valence-electron chi connectivity index (χ1n) is 5.63. The molecule has 1 fully saturated rings. The summed E-state index contributed by atoms with van der Waals surface area (Å²) in [6.07, 6.45) is 1.21. The van der Waals surface area contributed by atoms with Gasteiger partial charge in [-0.3, -0.25) is 4.79 Å². The minimum Gasteiger partial charge on any atom is -0.494 e. The van der Waals surface area contributed by atoms with Gasteiger partial charge in [-0.15, -0.1) is 0 Å². The van der Waals surface area contributed by atoms with Crippen LogP contribution in [-0.2, 0) is 11.3 Å². The summed E-state index contributed by atoms with van der Waals surface area (Å²) in [6.45, 7) is 0.211. The van der Waals surface area contributed by atoms with Gasteiger partial charge in [-0.25, -0.2) is 4.39 Å². The molecule has 0 bridgehead atoms. The molecule has 0 unspecified atom stereocenters. The molecule has 1 N–H and O–H groups in total. The Balaban J connectivity index is 1.97. The molecule has 1 saturated carbocycles. The Bertz CT molecular complexity index is 518. The third kappa shape index (κ3) is 2.28. The van der Waals surface area contributed by atoms with Crippen LogP contribution in [0.5, 0.6) is 5.75 Å². The highest BCUT2D eigenvalue weighted by atomic mass is 19.1. The van der Waals surface area contributed by atoms with Gasteiger partial charge in [0.2, 0.25) is 5.91 Å². The van der Waals surface area contributed by atoms with E-state index in [-0.39, 0.29) is 18.2 Å². The first-order valence-corrected chi connectivity index (χ1v) is 5.63. The summed E-state index contributed by atoms with van der Waals surface area (Å²) in [5.74, 6) is -0.576. The summed E-state index contributed by atoms with van der Waals surface area (Å²) in [4.78, 5) is 11.7. The molecule has 0 spiro atoms. The van der Waals surface area contributed by atoms with Gasteiger partial charge in [0.1, 0.15) is 5.41 Å².